The molecule has 2 aliphatic heterocycles. The number of thioether (sulfide) groups is 1. The van der Waals surface area contributed by atoms with Gasteiger partial charge < -0.3 is 4.90 Å². The molecule has 8 heteroatoms. The zero-order valence-corrected chi connectivity index (χ0v) is 16.6. The van der Waals surface area contributed by atoms with Crippen LogP contribution >= 0.6 is 11.8 Å². The summed E-state index contributed by atoms with van der Waals surface area (Å²) in [4.78, 5) is 54.2. The first-order valence-corrected chi connectivity index (χ1v) is 10.3. The molecule has 0 unspecified atom stereocenters. The largest absolute Gasteiger partial charge is 0.334 e. The van der Waals surface area contributed by atoms with Crippen LogP contribution in [0.2, 0.25) is 0 Å². The Kier molecular flexibility index (Phi) is 5.10. The van der Waals surface area contributed by atoms with E-state index in [0.717, 1.165) is 25.9 Å². The smallest absolute Gasteiger partial charge is 0.301 e. The highest BCUT2D eigenvalue weighted by atomic mass is 32.2. The van der Waals surface area contributed by atoms with Gasteiger partial charge in [0.1, 0.15) is 6.54 Å². The minimum atomic E-state index is -0.957. The summed E-state index contributed by atoms with van der Waals surface area (Å²) in [6.07, 6.45) is 0. The fourth-order valence-corrected chi connectivity index (χ4v) is 4.77. The Morgan fingerprint density at radius 1 is 0.966 bits per heavy atom. The Labute approximate surface area is 172 Å². The number of hydrogen-bond acceptors (Lipinski definition) is 5. The third-order valence-electron chi connectivity index (χ3n) is 5.03. The molecule has 5 amide bonds. The van der Waals surface area contributed by atoms with Crippen LogP contribution in [0.1, 0.15) is 18.5 Å². The summed E-state index contributed by atoms with van der Waals surface area (Å²) in [5.74, 6) is -1.60. The van der Waals surface area contributed by atoms with Gasteiger partial charge in [0.2, 0.25) is 5.91 Å². The Bertz CT molecular complexity index is 994. The molecular weight excluding hydrogens is 390 g/mol. The van der Waals surface area contributed by atoms with Gasteiger partial charge in [-0.15, -0.1) is 11.8 Å². The van der Waals surface area contributed by atoms with E-state index in [4.69, 9.17) is 0 Å². The van der Waals surface area contributed by atoms with Crippen LogP contribution in [0.5, 0.6) is 0 Å². The maximum Gasteiger partial charge on any atom is 0.334 e. The number of amides is 5. The van der Waals surface area contributed by atoms with Crippen LogP contribution in [-0.4, -0.2) is 52.4 Å². The summed E-state index contributed by atoms with van der Waals surface area (Å²) in [6.45, 7) is 1.23. The van der Waals surface area contributed by atoms with E-state index in [2.05, 4.69) is 0 Å². The number of imide groups is 2. The summed E-state index contributed by atoms with van der Waals surface area (Å²) in [5.41, 5.74) is 1.70. The van der Waals surface area contributed by atoms with Crippen molar-refractivity contribution < 1.29 is 19.2 Å². The molecule has 1 atom stereocenters. The number of carbonyl (C=O) groups is 4. The molecule has 2 aromatic carbocycles. The molecule has 0 spiro atoms. The van der Waals surface area contributed by atoms with E-state index in [0.29, 0.717) is 5.75 Å². The zero-order valence-electron chi connectivity index (χ0n) is 15.8. The van der Waals surface area contributed by atoms with Crippen LogP contribution in [0.15, 0.2) is 59.5 Å². The number of hydrogen-bond donors (Lipinski definition) is 0. The average molecular weight is 409 g/mol. The number of likely N-dealkylation sites (N-methyl/N-ethyl adjacent to an activating group) is 1. The summed E-state index contributed by atoms with van der Waals surface area (Å²) in [6, 6.07) is 16.2. The van der Waals surface area contributed by atoms with E-state index >= 15 is 0 Å². The maximum atomic E-state index is 13.3. The van der Waals surface area contributed by atoms with Crippen molar-refractivity contribution in [2.24, 2.45) is 0 Å². The minimum absolute atomic E-state index is 0.0872. The molecular formula is C21H19N3O4S. The molecule has 0 N–H and O–H groups in total. The van der Waals surface area contributed by atoms with Crippen LogP contribution in [0.3, 0.4) is 0 Å². The Morgan fingerprint density at radius 2 is 1.62 bits per heavy atom. The van der Waals surface area contributed by atoms with Gasteiger partial charge >= 0.3 is 17.8 Å². The first-order chi connectivity index (χ1) is 14.0. The van der Waals surface area contributed by atoms with Crippen molar-refractivity contribution in [1.29, 1.82) is 0 Å². The van der Waals surface area contributed by atoms with Crippen LogP contribution in [0.25, 0.3) is 0 Å². The van der Waals surface area contributed by atoms with Crippen LogP contribution in [0, 0.1) is 0 Å². The standard InChI is InChI=1S/C21H19N3O4S/c1-2-22-19(26)20(27)23(21(22)28)12-18(25)24-15-10-6-7-11-17(15)29-13-16(24)14-8-4-3-5-9-14/h3-11,16H,2,12-13H2,1H3/t16-/m1/s1. The van der Waals surface area contributed by atoms with Crippen molar-refractivity contribution in [3.05, 3.63) is 60.2 Å². The second-order valence-electron chi connectivity index (χ2n) is 6.69. The molecule has 0 radical (unpaired) electrons. The number of benzene rings is 2. The molecule has 29 heavy (non-hydrogen) atoms. The molecule has 2 aromatic rings. The number of nitrogens with zero attached hydrogens (tertiary/aromatic N) is 3. The summed E-state index contributed by atoms with van der Waals surface area (Å²) >= 11 is 1.66. The van der Waals surface area contributed by atoms with Crippen molar-refractivity contribution in [3.63, 3.8) is 0 Å². The van der Waals surface area contributed by atoms with Gasteiger partial charge in [0.25, 0.3) is 0 Å². The van der Waals surface area contributed by atoms with Crippen molar-refractivity contribution >= 4 is 41.2 Å². The Morgan fingerprint density at radius 3 is 2.31 bits per heavy atom. The fourth-order valence-electron chi connectivity index (χ4n) is 3.60. The Hall–Kier alpha value is -3.13. The third kappa shape index (κ3) is 3.29. The van der Waals surface area contributed by atoms with E-state index in [-0.39, 0.29) is 12.6 Å². The van der Waals surface area contributed by atoms with Crippen molar-refractivity contribution in [2.75, 3.05) is 23.7 Å². The van der Waals surface area contributed by atoms with Crippen LogP contribution in [-0.2, 0) is 14.4 Å². The summed E-state index contributed by atoms with van der Waals surface area (Å²) in [7, 11) is 0. The number of para-hydroxylation sites is 1. The van der Waals surface area contributed by atoms with Gasteiger partial charge in [-0.3, -0.25) is 19.3 Å². The molecule has 0 aromatic heterocycles. The van der Waals surface area contributed by atoms with Gasteiger partial charge in [0, 0.05) is 17.2 Å². The lowest BCUT2D eigenvalue weighted by atomic mass is 10.1. The van der Waals surface area contributed by atoms with Crippen LogP contribution < -0.4 is 4.90 Å². The normalized spacial score (nSPS) is 19.0. The van der Waals surface area contributed by atoms with E-state index < -0.39 is 30.3 Å². The highest BCUT2D eigenvalue weighted by Gasteiger charge is 2.45. The predicted octanol–water partition coefficient (Wildman–Crippen LogP) is 2.68. The van der Waals surface area contributed by atoms with Gasteiger partial charge in [0.15, 0.2) is 0 Å². The van der Waals surface area contributed by atoms with Crippen molar-refractivity contribution in [3.8, 4) is 0 Å². The van der Waals surface area contributed by atoms with E-state index in [1.165, 1.54) is 0 Å². The maximum absolute atomic E-state index is 13.3. The molecule has 7 nitrogen and oxygen atoms in total. The third-order valence-corrected chi connectivity index (χ3v) is 6.17. The number of rotatable bonds is 4. The van der Waals surface area contributed by atoms with Crippen molar-refractivity contribution in [2.45, 2.75) is 17.9 Å². The molecule has 148 valence electrons. The lowest BCUT2D eigenvalue weighted by Gasteiger charge is -2.37. The van der Waals surface area contributed by atoms with Gasteiger partial charge in [-0.05, 0) is 24.6 Å². The van der Waals surface area contributed by atoms with Crippen molar-refractivity contribution in [1.82, 2.24) is 9.80 Å². The molecule has 0 aliphatic carbocycles. The molecule has 0 bridgehead atoms. The van der Waals surface area contributed by atoms with Gasteiger partial charge in [-0.1, -0.05) is 42.5 Å². The number of anilines is 1. The monoisotopic (exact) mass is 409 g/mol. The quantitative estimate of drug-likeness (QED) is 0.573. The average Bonchev–Trinajstić information content (AvgIpc) is 2.96. The fraction of sp³-hybridized carbons (Fsp3) is 0.238. The first kappa shape index (κ1) is 19.2. The first-order valence-electron chi connectivity index (χ1n) is 9.29. The van der Waals surface area contributed by atoms with Gasteiger partial charge in [0.05, 0.1) is 11.7 Å². The topological polar surface area (TPSA) is 78.0 Å². The molecule has 0 saturated carbocycles. The predicted molar refractivity (Wildman–Crippen MR) is 108 cm³/mol. The summed E-state index contributed by atoms with van der Waals surface area (Å²) < 4.78 is 0. The molecule has 1 fully saturated rings. The molecule has 4 rings (SSSR count). The van der Waals surface area contributed by atoms with E-state index in [1.807, 2.05) is 54.6 Å². The second kappa shape index (κ2) is 7.71. The number of carbonyl (C=O) groups excluding carboxylic acids is 4. The van der Waals surface area contributed by atoms with E-state index in [1.54, 1.807) is 23.6 Å². The molecule has 2 heterocycles. The summed E-state index contributed by atoms with van der Waals surface area (Å²) in [5, 5.41) is 0. The Balaban J connectivity index is 1.68. The molecule has 1 saturated heterocycles. The minimum Gasteiger partial charge on any atom is -0.301 e. The zero-order chi connectivity index (χ0) is 20.5. The highest BCUT2D eigenvalue weighted by Crippen LogP contribution is 2.43. The SMILES string of the molecule is CCN1C(=O)C(=O)N(CC(=O)N2c3ccccc3SC[C@@H]2c2ccccc2)C1=O. The van der Waals surface area contributed by atoms with Gasteiger partial charge in [-0.2, -0.15) is 0 Å². The van der Waals surface area contributed by atoms with Gasteiger partial charge in [-0.25, -0.2) is 9.69 Å². The number of urea groups is 1. The lowest BCUT2D eigenvalue weighted by Crippen LogP contribution is -2.46. The van der Waals surface area contributed by atoms with Crippen LogP contribution in [0.4, 0.5) is 10.5 Å². The second-order valence-corrected chi connectivity index (χ2v) is 7.75. The highest BCUT2D eigenvalue weighted by molar-refractivity contribution is 7.99. The van der Waals surface area contributed by atoms with E-state index in [9.17, 15) is 19.2 Å². The number of fused-ring (bicyclic) bond motifs is 1. The lowest BCUT2D eigenvalue weighted by molar-refractivity contribution is -0.143. The molecule has 2 aliphatic rings.